The Hall–Kier alpha value is -2.58. The summed E-state index contributed by atoms with van der Waals surface area (Å²) < 4.78 is 1.78. The van der Waals surface area contributed by atoms with Crippen molar-refractivity contribution in [3.63, 3.8) is 0 Å². The summed E-state index contributed by atoms with van der Waals surface area (Å²) in [5.74, 6) is 1.47. The smallest absolute Gasteiger partial charge is 0.276 e. The number of aromatic nitrogens is 5. The number of nitrogens with one attached hydrogen (secondary N) is 1. The minimum atomic E-state index is 0.350. The van der Waals surface area contributed by atoms with Crippen LogP contribution in [0.4, 0.5) is 5.82 Å². The molecule has 4 aromatic rings. The lowest BCUT2D eigenvalue weighted by molar-refractivity contribution is 0.249. The second-order valence-electron chi connectivity index (χ2n) is 7.43. The van der Waals surface area contributed by atoms with E-state index in [0.717, 1.165) is 43.1 Å². The maximum absolute atomic E-state index is 4.73. The molecule has 7 nitrogen and oxygen atoms in total. The first-order valence-electron chi connectivity index (χ1n) is 9.78. The Morgan fingerprint density at radius 2 is 2.11 bits per heavy atom. The molecule has 0 bridgehead atoms. The maximum Gasteiger partial charge on any atom is 0.276 e. The van der Waals surface area contributed by atoms with Crippen LogP contribution >= 0.6 is 11.3 Å². The third kappa shape index (κ3) is 3.02. The number of benzene rings is 1. The van der Waals surface area contributed by atoms with E-state index in [0.29, 0.717) is 11.8 Å². The minimum absolute atomic E-state index is 0.350. The Morgan fingerprint density at radius 1 is 1.25 bits per heavy atom. The molecule has 0 aliphatic carbocycles. The first kappa shape index (κ1) is 17.5. The SMILES string of the molecule is CCC(C)Nc1nc2nnnn2c2sc3c(c12)CCN(Cc1ccccc1)C3. The van der Waals surface area contributed by atoms with Gasteiger partial charge in [-0.2, -0.15) is 9.50 Å². The van der Waals surface area contributed by atoms with Gasteiger partial charge in [0.1, 0.15) is 10.6 Å². The molecule has 3 aromatic heterocycles. The minimum Gasteiger partial charge on any atom is -0.367 e. The fourth-order valence-corrected chi connectivity index (χ4v) is 5.13. The van der Waals surface area contributed by atoms with Gasteiger partial charge in [0.05, 0.1) is 5.39 Å². The maximum atomic E-state index is 4.73. The van der Waals surface area contributed by atoms with Gasteiger partial charge in [0.2, 0.25) is 0 Å². The van der Waals surface area contributed by atoms with Crippen molar-refractivity contribution in [2.45, 2.75) is 45.8 Å². The first-order valence-corrected chi connectivity index (χ1v) is 10.6. The third-order valence-corrected chi connectivity index (χ3v) is 6.65. The fraction of sp³-hybridized carbons (Fsp3) is 0.400. The van der Waals surface area contributed by atoms with Crippen LogP contribution in [-0.2, 0) is 19.5 Å². The van der Waals surface area contributed by atoms with Crippen LogP contribution in [0.1, 0.15) is 36.3 Å². The van der Waals surface area contributed by atoms with E-state index in [4.69, 9.17) is 4.98 Å². The van der Waals surface area contributed by atoms with E-state index in [1.807, 2.05) is 0 Å². The first-order chi connectivity index (χ1) is 13.7. The van der Waals surface area contributed by atoms with Gasteiger partial charge in [0.15, 0.2) is 0 Å². The van der Waals surface area contributed by atoms with E-state index in [1.54, 1.807) is 15.9 Å². The van der Waals surface area contributed by atoms with Gasteiger partial charge in [-0.25, -0.2) is 0 Å². The summed E-state index contributed by atoms with van der Waals surface area (Å²) in [4.78, 5) is 9.73. The summed E-state index contributed by atoms with van der Waals surface area (Å²) in [7, 11) is 0. The molecule has 1 aliphatic heterocycles. The lowest BCUT2D eigenvalue weighted by atomic mass is 10.0. The standard InChI is InChI=1S/C20H23N7S/c1-3-13(2)21-18-17-15-9-10-26(11-14-7-5-4-6-8-14)12-16(15)28-19(17)27-20(22-18)23-24-25-27/h4-8,13H,3,9-12H2,1-2H3,(H,21,22,23,25). The van der Waals surface area contributed by atoms with Gasteiger partial charge in [-0.15, -0.1) is 11.3 Å². The summed E-state index contributed by atoms with van der Waals surface area (Å²) >= 11 is 1.80. The molecule has 5 rings (SSSR count). The van der Waals surface area contributed by atoms with Crippen molar-refractivity contribution < 1.29 is 0 Å². The third-order valence-electron chi connectivity index (χ3n) is 5.46. The van der Waals surface area contributed by atoms with E-state index in [-0.39, 0.29) is 0 Å². The molecule has 0 saturated carbocycles. The molecular formula is C20H23N7S. The van der Waals surface area contributed by atoms with Gasteiger partial charge in [-0.05, 0) is 41.3 Å². The average Bonchev–Trinajstić information content (AvgIpc) is 3.32. The van der Waals surface area contributed by atoms with Crippen LogP contribution in [0.5, 0.6) is 0 Å². The Labute approximate surface area is 167 Å². The quantitative estimate of drug-likeness (QED) is 0.560. The van der Waals surface area contributed by atoms with Gasteiger partial charge in [0, 0.05) is 30.6 Å². The number of rotatable bonds is 5. The van der Waals surface area contributed by atoms with E-state index >= 15 is 0 Å². The highest BCUT2D eigenvalue weighted by Gasteiger charge is 2.26. The van der Waals surface area contributed by atoms with Crippen molar-refractivity contribution in [3.8, 4) is 0 Å². The molecule has 0 saturated heterocycles. The Kier molecular flexibility index (Phi) is 4.44. The van der Waals surface area contributed by atoms with Crippen LogP contribution in [0.25, 0.3) is 16.0 Å². The number of nitrogens with zero attached hydrogens (tertiary/aromatic N) is 6. The Morgan fingerprint density at radius 3 is 2.93 bits per heavy atom. The number of fused-ring (bicyclic) bond motifs is 5. The monoisotopic (exact) mass is 393 g/mol. The molecule has 1 unspecified atom stereocenters. The lowest BCUT2D eigenvalue weighted by Crippen LogP contribution is -2.29. The van der Waals surface area contributed by atoms with Crippen LogP contribution in [0.2, 0.25) is 0 Å². The van der Waals surface area contributed by atoms with Crippen molar-refractivity contribution >= 4 is 33.1 Å². The van der Waals surface area contributed by atoms with Crippen LogP contribution in [-0.4, -0.2) is 42.5 Å². The van der Waals surface area contributed by atoms with Crippen LogP contribution in [0, 0.1) is 0 Å². The van der Waals surface area contributed by atoms with Crippen LogP contribution in [0.3, 0.4) is 0 Å². The van der Waals surface area contributed by atoms with Gasteiger partial charge < -0.3 is 5.32 Å². The normalized spacial score (nSPS) is 15.8. The Bertz CT molecular complexity index is 1120. The summed E-state index contributed by atoms with van der Waals surface area (Å²) in [6.07, 6.45) is 2.06. The molecule has 144 valence electrons. The largest absolute Gasteiger partial charge is 0.367 e. The molecular weight excluding hydrogens is 370 g/mol. The summed E-state index contributed by atoms with van der Waals surface area (Å²) in [6.45, 7) is 7.34. The molecule has 1 aliphatic rings. The second kappa shape index (κ2) is 7.10. The van der Waals surface area contributed by atoms with Gasteiger partial charge in [-0.1, -0.05) is 42.4 Å². The molecule has 0 spiro atoms. The zero-order chi connectivity index (χ0) is 19.1. The predicted octanol–water partition coefficient (Wildman–Crippen LogP) is 3.50. The molecule has 1 N–H and O–H groups in total. The van der Waals surface area contributed by atoms with Crippen LogP contribution in [0.15, 0.2) is 30.3 Å². The van der Waals surface area contributed by atoms with E-state index in [1.165, 1.54) is 21.4 Å². The molecule has 0 radical (unpaired) electrons. The molecule has 0 fully saturated rings. The van der Waals surface area contributed by atoms with E-state index in [9.17, 15) is 0 Å². The van der Waals surface area contributed by atoms with Crippen molar-refractivity contribution in [3.05, 3.63) is 46.3 Å². The number of tetrazole rings is 1. The van der Waals surface area contributed by atoms with E-state index < -0.39 is 0 Å². The number of hydrogen-bond acceptors (Lipinski definition) is 7. The van der Waals surface area contributed by atoms with Gasteiger partial charge >= 0.3 is 0 Å². The lowest BCUT2D eigenvalue weighted by Gasteiger charge is -2.27. The van der Waals surface area contributed by atoms with Crippen molar-refractivity contribution in [1.29, 1.82) is 0 Å². The highest BCUT2D eigenvalue weighted by molar-refractivity contribution is 7.19. The highest BCUT2D eigenvalue weighted by Crippen LogP contribution is 2.39. The van der Waals surface area contributed by atoms with E-state index in [2.05, 4.69) is 69.9 Å². The van der Waals surface area contributed by atoms with Crippen molar-refractivity contribution in [2.75, 3.05) is 11.9 Å². The topological polar surface area (TPSA) is 71.2 Å². The molecule has 8 heteroatoms. The molecule has 1 atom stereocenters. The summed E-state index contributed by atoms with van der Waals surface area (Å²) in [5, 5.41) is 16.9. The van der Waals surface area contributed by atoms with Crippen LogP contribution < -0.4 is 5.32 Å². The summed E-state index contributed by atoms with van der Waals surface area (Å²) in [6, 6.07) is 11.0. The second-order valence-corrected chi connectivity index (χ2v) is 8.52. The number of hydrogen-bond donors (Lipinski definition) is 1. The molecule has 1 aromatic carbocycles. The van der Waals surface area contributed by atoms with Crippen molar-refractivity contribution in [2.24, 2.45) is 0 Å². The molecule has 0 amide bonds. The molecule has 4 heterocycles. The van der Waals surface area contributed by atoms with Gasteiger partial charge in [0.25, 0.3) is 5.78 Å². The van der Waals surface area contributed by atoms with Gasteiger partial charge in [-0.3, -0.25) is 4.90 Å². The zero-order valence-electron chi connectivity index (χ0n) is 16.1. The zero-order valence-corrected chi connectivity index (χ0v) is 16.9. The fourth-order valence-electron chi connectivity index (χ4n) is 3.79. The molecule has 28 heavy (non-hydrogen) atoms. The predicted molar refractivity (Wildman–Crippen MR) is 112 cm³/mol. The van der Waals surface area contributed by atoms with Crippen molar-refractivity contribution in [1.82, 2.24) is 29.9 Å². The summed E-state index contributed by atoms with van der Waals surface area (Å²) in [5.41, 5.74) is 2.76. The Balaban J connectivity index is 1.55. The average molecular weight is 394 g/mol. The number of thiophene rings is 1. The highest BCUT2D eigenvalue weighted by atomic mass is 32.1. The number of anilines is 1.